The second-order valence-corrected chi connectivity index (χ2v) is 8.89. The van der Waals surface area contributed by atoms with Crippen molar-refractivity contribution in [2.24, 2.45) is 0 Å². The van der Waals surface area contributed by atoms with E-state index < -0.39 is 31.1 Å². The van der Waals surface area contributed by atoms with Gasteiger partial charge in [-0.05, 0) is 42.3 Å². The Balaban J connectivity index is 1.17. The minimum absolute atomic E-state index is 0.406. The molecule has 190 valence electrons. The molecule has 5 N–H and O–H groups in total. The van der Waals surface area contributed by atoms with Gasteiger partial charge in [0.25, 0.3) is 0 Å². The second-order valence-electron chi connectivity index (χ2n) is 8.89. The quantitative estimate of drug-likeness (QED) is 0.215. The fourth-order valence-electron chi connectivity index (χ4n) is 4.65. The molecule has 3 aromatic heterocycles. The molecule has 0 saturated carbocycles. The van der Waals surface area contributed by atoms with Crippen LogP contribution in [0.15, 0.2) is 67.4 Å². The van der Waals surface area contributed by atoms with Crippen molar-refractivity contribution >= 4 is 27.9 Å². The van der Waals surface area contributed by atoms with E-state index in [2.05, 4.69) is 25.3 Å². The van der Waals surface area contributed by atoms with Crippen molar-refractivity contribution in [3.8, 4) is 11.5 Å². The lowest BCUT2D eigenvalue weighted by atomic mass is 10.1. The van der Waals surface area contributed by atoms with Crippen LogP contribution in [0.4, 0.5) is 5.82 Å². The maximum Gasteiger partial charge on any atom is 0.167 e. The van der Waals surface area contributed by atoms with Crippen molar-refractivity contribution in [1.82, 2.24) is 24.5 Å². The number of nitrogens with one attached hydrogen (secondary N) is 2. The van der Waals surface area contributed by atoms with Crippen LogP contribution in [0, 0.1) is 0 Å². The molecule has 1 aliphatic heterocycles. The van der Waals surface area contributed by atoms with Gasteiger partial charge >= 0.3 is 0 Å². The Bertz CT molecular complexity index is 1520. The molecule has 1 saturated heterocycles. The number of benzene rings is 2. The first-order chi connectivity index (χ1) is 18.1. The number of aliphatic hydroxyl groups is 3. The van der Waals surface area contributed by atoms with E-state index in [0.29, 0.717) is 23.5 Å². The average molecular weight is 503 g/mol. The zero-order chi connectivity index (χ0) is 25.4. The fourth-order valence-corrected chi connectivity index (χ4v) is 4.65. The molecule has 5 aromatic rings. The number of anilines is 1. The monoisotopic (exact) mass is 502 g/mol. The van der Waals surface area contributed by atoms with Gasteiger partial charge in [-0.15, -0.1) is 0 Å². The van der Waals surface area contributed by atoms with Crippen LogP contribution in [-0.4, -0.2) is 71.3 Å². The Hall–Kier alpha value is -4.03. The van der Waals surface area contributed by atoms with Gasteiger partial charge in [0.05, 0.1) is 12.9 Å². The molecule has 0 amide bonds. The molecule has 4 heterocycles. The van der Waals surface area contributed by atoms with E-state index in [0.717, 1.165) is 34.4 Å². The lowest BCUT2D eigenvalue weighted by Crippen LogP contribution is -2.33. The van der Waals surface area contributed by atoms with Gasteiger partial charge in [-0.25, -0.2) is 15.0 Å². The third-order valence-corrected chi connectivity index (χ3v) is 6.55. The molecular formula is C26H26N6O5. The van der Waals surface area contributed by atoms with Crippen molar-refractivity contribution in [3.63, 3.8) is 0 Å². The number of hydrogen-bond acceptors (Lipinski definition) is 9. The SMILES string of the molecule is OC[C@H]1O[C@@H](n2cnc3c(NCCc4c[nH]c5ccc(Oc6ccccc6)cc45)ncnc32)[C@H](O)[C@@H]1O. The van der Waals surface area contributed by atoms with E-state index in [1.54, 1.807) is 4.57 Å². The summed E-state index contributed by atoms with van der Waals surface area (Å²) in [6.45, 7) is 0.181. The summed E-state index contributed by atoms with van der Waals surface area (Å²) in [5.41, 5.74) is 3.11. The van der Waals surface area contributed by atoms with Crippen molar-refractivity contribution in [3.05, 3.63) is 72.9 Å². The van der Waals surface area contributed by atoms with Crippen LogP contribution in [0.25, 0.3) is 22.1 Å². The molecule has 0 unspecified atom stereocenters. The zero-order valence-electron chi connectivity index (χ0n) is 19.7. The summed E-state index contributed by atoms with van der Waals surface area (Å²) in [4.78, 5) is 16.3. The van der Waals surface area contributed by atoms with Gasteiger partial charge < -0.3 is 35.1 Å². The molecule has 11 nitrogen and oxygen atoms in total. The van der Waals surface area contributed by atoms with Crippen LogP contribution in [0.2, 0.25) is 0 Å². The number of ether oxygens (including phenoxy) is 2. The number of hydrogen-bond donors (Lipinski definition) is 5. The van der Waals surface area contributed by atoms with Crippen LogP contribution < -0.4 is 10.1 Å². The van der Waals surface area contributed by atoms with Crippen molar-refractivity contribution < 1.29 is 24.8 Å². The first-order valence-electron chi connectivity index (χ1n) is 12.0. The summed E-state index contributed by atoms with van der Waals surface area (Å²) >= 11 is 0. The highest BCUT2D eigenvalue weighted by atomic mass is 16.6. The lowest BCUT2D eigenvalue weighted by Gasteiger charge is -2.16. The topological polar surface area (TPSA) is 151 Å². The van der Waals surface area contributed by atoms with Crippen LogP contribution in [0.5, 0.6) is 11.5 Å². The van der Waals surface area contributed by atoms with Gasteiger partial charge in [0.1, 0.15) is 36.1 Å². The number of H-pyrrole nitrogens is 1. The highest BCUT2D eigenvalue weighted by Crippen LogP contribution is 2.32. The minimum Gasteiger partial charge on any atom is -0.457 e. The summed E-state index contributed by atoms with van der Waals surface area (Å²) < 4.78 is 13.2. The lowest BCUT2D eigenvalue weighted by molar-refractivity contribution is -0.0511. The zero-order valence-corrected chi connectivity index (χ0v) is 19.7. The third kappa shape index (κ3) is 4.38. The average Bonchev–Trinajstić information content (AvgIpc) is 3.61. The second kappa shape index (κ2) is 9.79. The highest BCUT2D eigenvalue weighted by molar-refractivity contribution is 5.85. The summed E-state index contributed by atoms with van der Waals surface area (Å²) in [5.74, 6) is 2.09. The molecule has 1 aliphatic rings. The summed E-state index contributed by atoms with van der Waals surface area (Å²) in [6, 6.07) is 15.6. The van der Waals surface area contributed by atoms with Gasteiger partial charge in [-0.2, -0.15) is 0 Å². The van der Waals surface area contributed by atoms with Crippen molar-refractivity contribution in [2.45, 2.75) is 31.0 Å². The van der Waals surface area contributed by atoms with Crippen LogP contribution in [0.3, 0.4) is 0 Å². The normalized spacial score (nSPS) is 21.6. The van der Waals surface area contributed by atoms with Crippen molar-refractivity contribution in [1.29, 1.82) is 0 Å². The van der Waals surface area contributed by atoms with E-state index in [1.807, 2.05) is 54.7 Å². The molecule has 37 heavy (non-hydrogen) atoms. The molecule has 0 spiro atoms. The highest BCUT2D eigenvalue weighted by Gasteiger charge is 2.44. The molecule has 0 bridgehead atoms. The molecule has 0 aliphatic carbocycles. The van der Waals surface area contributed by atoms with Gasteiger partial charge in [-0.3, -0.25) is 4.57 Å². The first kappa shape index (κ1) is 23.4. The molecule has 0 radical (unpaired) electrons. The standard InChI is InChI=1S/C26H26N6O5/c33-12-20-22(34)23(35)26(37-20)32-14-31-21-24(29-13-30-25(21)32)27-9-8-15-11-28-19-7-6-17(10-18(15)19)36-16-4-2-1-3-5-16/h1-7,10-11,13-14,20,22-23,26,28,33-35H,8-9,12H2,(H,27,29,30)/t20-,22-,23-,26-/m1/s1. The summed E-state index contributed by atoms with van der Waals surface area (Å²) in [5, 5.41) is 34.3. The molecule has 6 rings (SSSR count). The Kier molecular flexibility index (Phi) is 6.18. The molecule has 1 fully saturated rings. The summed E-state index contributed by atoms with van der Waals surface area (Å²) in [7, 11) is 0. The predicted octanol–water partition coefficient (Wildman–Crippen LogP) is 2.37. The third-order valence-electron chi connectivity index (χ3n) is 6.55. The van der Waals surface area contributed by atoms with Crippen LogP contribution in [-0.2, 0) is 11.2 Å². The number of aromatic amines is 1. The number of rotatable bonds is 8. The van der Waals surface area contributed by atoms with Gasteiger partial charge in [0.15, 0.2) is 23.2 Å². The maximum absolute atomic E-state index is 10.4. The number of aromatic nitrogens is 5. The number of aliphatic hydroxyl groups excluding tert-OH is 3. The predicted molar refractivity (Wildman–Crippen MR) is 135 cm³/mol. The van der Waals surface area contributed by atoms with E-state index in [-0.39, 0.29) is 0 Å². The van der Waals surface area contributed by atoms with Crippen molar-refractivity contribution in [2.75, 3.05) is 18.5 Å². The Morgan fingerprint density at radius 3 is 2.70 bits per heavy atom. The fraction of sp³-hybridized carbons (Fsp3) is 0.269. The number of nitrogens with zero attached hydrogens (tertiary/aromatic N) is 4. The van der Waals surface area contributed by atoms with Gasteiger partial charge in [-0.1, -0.05) is 18.2 Å². The first-order valence-corrected chi connectivity index (χ1v) is 12.0. The molecule has 4 atom stereocenters. The molecule has 11 heteroatoms. The molecule has 2 aromatic carbocycles. The minimum atomic E-state index is -1.22. The Labute approximate surface area is 211 Å². The van der Waals surface area contributed by atoms with E-state index in [1.165, 1.54) is 12.7 Å². The van der Waals surface area contributed by atoms with Crippen LogP contribution >= 0.6 is 0 Å². The Morgan fingerprint density at radius 1 is 1.03 bits per heavy atom. The summed E-state index contributed by atoms with van der Waals surface area (Å²) in [6.07, 6.45) is 1.37. The van der Waals surface area contributed by atoms with E-state index in [4.69, 9.17) is 9.47 Å². The number of para-hydroxylation sites is 1. The largest absolute Gasteiger partial charge is 0.457 e. The van der Waals surface area contributed by atoms with E-state index in [9.17, 15) is 15.3 Å². The van der Waals surface area contributed by atoms with E-state index >= 15 is 0 Å². The Morgan fingerprint density at radius 2 is 1.89 bits per heavy atom. The van der Waals surface area contributed by atoms with Crippen LogP contribution in [0.1, 0.15) is 11.8 Å². The number of imidazole rings is 1. The maximum atomic E-state index is 10.4. The smallest absolute Gasteiger partial charge is 0.167 e. The molecular weight excluding hydrogens is 476 g/mol. The van der Waals surface area contributed by atoms with Gasteiger partial charge in [0, 0.05) is 23.6 Å². The van der Waals surface area contributed by atoms with Gasteiger partial charge in [0.2, 0.25) is 0 Å². The number of fused-ring (bicyclic) bond motifs is 2.